The predicted octanol–water partition coefficient (Wildman–Crippen LogP) is 1.20. The Labute approximate surface area is 96.8 Å². The quantitative estimate of drug-likeness (QED) is 0.664. The highest BCUT2D eigenvalue weighted by Gasteiger charge is 2.59. The molecule has 2 rings (SSSR count). The van der Waals surface area contributed by atoms with Gasteiger partial charge < -0.3 is 14.9 Å². The summed E-state index contributed by atoms with van der Waals surface area (Å²) < 4.78 is 14.2. The van der Waals surface area contributed by atoms with E-state index in [1.165, 1.54) is 0 Å². The fourth-order valence-corrected chi connectivity index (χ4v) is 4.00. The minimum Gasteiger partial charge on any atom is -0.437 e. The molecule has 0 aromatic rings. The normalized spacial score (nSPS) is 49.1. The second-order valence-corrected chi connectivity index (χ2v) is 5.88. The van der Waals surface area contributed by atoms with Crippen LogP contribution in [0.25, 0.3) is 0 Å². The van der Waals surface area contributed by atoms with E-state index in [9.17, 15) is 14.5 Å². The molecule has 2 aliphatic heterocycles. The van der Waals surface area contributed by atoms with Gasteiger partial charge in [-0.1, -0.05) is 0 Å². The number of alkyl halides is 1. The van der Waals surface area contributed by atoms with Crippen molar-refractivity contribution in [3.8, 4) is 0 Å². The van der Waals surface area contributed by atoms with E-state index < -0.39 is 24.9 Å². The molecule has 16 heavy (non-hydrogen) atoms. The molecule has 4 atom stereocenters. The van der Waals surface area contributed by atoms with Gasteiger partial charge in [-0.05, 0) is 46.4 Å². The highest BCUT2D eigenvalue weighted by molar-refractivity contribution is 6.45. The molecule has 2 bridgehead atoms. The molecule has 2 N–H and O–H groups in total. The lowest BCUT2D eigenvalue weighted by atomic mass is 9.60. The number of rotatable bonds is 1. The number of aliphatic hydroxyl groups is 1. The first-order chi connectivity index (χ1) is 7.31. The van der Waals surface area contributed by atoms with Gasteiger partial charge >= 0.3 is 7.05 Å². The van der Waals surface area contributed by atoms with Crippen molar-refractivity contribution in [2.45, 2.75) is 69.7 Å². The summed E-state index contributed by atoms with van der Waals surface area (Å²) >= 11 is 0. The van der Waals surface area contributed by atoms with Crippen LogP contribution in [0.3, 0.4) is 0 Å². The number of aliphatic hydroxyl groups excluding tert-OH is 1. The minimum absolute atomic E-state index is 0.275. The van der Waals surface area contributed by atoms with Gasteiger partial charge in [0.1, 0.15) is 6.17 Å². The average Bonchev–Trinajstić information content (AvgIpc) is 2.13. The molecular formula is C11H21BFNO2. The van der Waals surface area contributed by atoms with E-state index in [4.69, 9.17) is 0 Å². The van der Waals surface area contributed by atoms with E-state index in [0.29, 0.717) is 12.8 Å². The Bertz CT molecular complexity index is 291. The van der Waals surface area contributed by atoms with Crippen LogP contribution in [0.15, 0.2) is 0 Å². The summed E-state index contributed by atoms with van der Waals surface area (Å²) in [5, 5.41) is 19.7. The summed E-state index contributed by atoms with van der Waals surface area (Å²) in [4.78, 5) is 1.88. The van der Waals surface area contributed by atoms with E-state index in [-0.39, 0.29) is 5.54 Å². The third kappa shape index (κ3) is 1.52. The second kappa shape index (κ2) is 3.69. The van der Waals surface area contributed by atoms with E-state index in [1.54, 1.807) is 6.82 Å². The molecule has 0 saturated carbocycles. The van der Waals surface area contributed by atoms with Crippen molar-refractivity contribution in [1.29, 1.82) is 0 Å². The molecule has 0 spiro atoms. The maximum Gasteiger partial charge on any atom is 0.377 e. The molecular weight excluding hydrogens is 208 g/mol. The molecule has 0 amide bonds. The second-order valence-electron chi connectivity index (χ2n) is 5.88. The van der Waals surface area contributed by atoms with Crippen LogP contribution in [0.4, 0.5) is 4.39 Å². The molecule has 2 saturated heterocycles. The average molecular weight is 229 g/mol. The summed E-state index contributed by atoms with van der Waals surface area (Å²) in [6.45, 7) is 5.53. The Balaban J connectivity index is 2.42. The lowest BCUT2D eigenvalue weighted by molar-refractivity contribution is -0.137. The topological polar surface area (TPSA) is 43.7 Å². The van der Waals surface area contributed by atoms with E-state index in [0.717, 1.165) is 12.8 Å². The zero-order valence-corrected chi connectivity index (χ0v) is 10.3. The molecule has 0 aromatic heterocycles. The monoisotopic (exact) mass is 229 g/mol. The number of hydrogen-bond donors (Lipinski definition) is 2. The lowest BCUT2D eigenvalue weighted by Crippen LogP contribution is -2.75. The lowest BCUT2D eigenvalue weighted by Gasteiger charge is -2.62. The Morgan fingerprint density at radius 1 is 1.38 bits per heavy atom. The van der Waals surface area contributed by atoms with Crippen molar-refractivity contribution in [1.82, 2.24) is 4.81 Å². The molecule has 5 heteroatoms. The number of hydrogen-bond acceptors (Lipinski definition) is 3. The van der Waals surface area contributed by atoms with Crippen molar-refractivity contribution in [3.05, 3.63) is 0 Å². The fraction of sp³-hybridized carbons (Fsp3) is 1.00. The van der Waals surface area contributed by atoms with Crippen molar-refractivity contribution in [2.75, 3.05) is 0 Å². The predicted molar refractivity (Wildman–Crippen MR) is 61.9 cm³/mol. The highest BCUT2D eigenvalue weighted by Crippen LogP contribution is 2.49. The van der Waals surface area contributed by atoms with Crippen molar-refractivity contribution >= 4 is 7.05 Å². The molecule has 0 aromatic carbocycles. The van der Waals surface area contributed by atoms with Crippen molar-refractivity contribution < 1.29 is 14.5 Å². The number of halogens is 1. The number of fused-ring (bicyclic) bond motifs is 2. The van der Waals surface area contributed by atoms with Gasteiger partial charge in [0.05, 0.1) is 6.10 Å². The first-order valence-corrected chi connectivity index (χ1v) is 6.11. The molecule has 0 aliphatic carbocycles. The van der Waals surface area contributed by atoms with Crippen LogP contribution in [-0.4, -0.2) is 45.3 Å². The van der Waals surface area contributed by atoms with Gasteiger partial charge in [-0.3, -0.25) is 0 Å². The van der Waals surface area contributed by atoms with Crippen LogP contribution in [0.2, 0.25) is 6.82 Å². The molecule has 2 heterocycles. The fourth-order valence-electron chi connectivity index (χ4n) is 4.00. The minimum atomic E-state index is -1.27. The maximum atomic E-state index is 14.2. The third-order valence-corrected chi connectivity index (χ3v) is 4.48. The summed E-state index contributed by atoms with van der Waals surface area (Å²) in [5.74, 6) is 0. The van der Waals surface area contributed by atoms with Crippen LogP contribution >= 0.6 is 0 Å². The van der Waals surface area contributed by atoms with Crippen LogP contribution in [-0.2, 0) is 0 Å². The molecule has 0 radical (unpaired) electrons. The van der Waals surface area contributed by atoms with Gasteiger partial charge in [0.2, 0.25) is 0 Å². The van der Waals surface area contributed by atoms with Crippen molar-refractivity contribution in [2.24, 2.45) is 0 Å². The molecule has 3 nitrogen and oxygen atoms in total. The van der Waals surface area contributed by atoms with Gasteiger partial charge in [-0.15, -0.1) is 0 Å². The highest BCUT2D eigenvalue weighted by atomic mass is 19.1. The van der Waals surface area contributed by atoms with E-state index in [2.05, 4.69) is 0 Å². The van der Waals surface area contributed by atoms with Gasteiger partial charge in [-0.25, -0.2) is 4.39 Å². The zero-order valence-electron chi connectivity index (χ0n) is 10.3. The Morgan fingerprint density at radius 3 is 2.56 bits per heavy atom. The molecule has 0 unspecified atom stereocenters. The first-order valence-electron chi connectivity index (χ1n) is 6.11. The number of nitrogens with zero attached hydrogens (tertiary/aromatic N) is 1. The van der Waals surface area contributed by atoms with Gasteiger partial charge in [0.25, 0.3) is 0 Å². The molecule has 2 fully saturated rings. The first kappa shape index (κ1) is 12.3. The summed E-state index contributed by atoms with van der Waals surface area (Å²) in [7, 11) is -0.666. The van der Waals surface area contributed by atoms with Crippen LogP contribution in [0.5, 0.6) is 0 Å². The molecule has 2 aliphatic rings. The molecule has 92 valence electrons. The third-order valence-electron chi connectivity index (χ3n) is 4.48. The van der Waals surface area contributed by atoms with Crippen LogP contribution < -0.4 is 0 Å². The smallest absolute Gasteiger partial charge is 0.377 e. The summed E-state index contributed by atoms with van der Waals surface area (Å²) in [6.07, 6.45) is 0.821. The Kier molecular flexibility index (Phi) is 2.84. The Hall–Kier alpha value is -0.125. The van der Waals surface area contributed by atoms with Crippen LogP contribution in [0.1, 0.15) is 39.5 Å². The standard InChI is InChI=1S/C11H21BFNO2/c1-10-5-4-6-11(2,14(10)12(3)16)9(13)8(15)7-10/h8-9,15-16H,4-7H2,1-3H3/t8-,9-,10-,11+/m0/s1. The van der Waals surface area contributed by atoms with Crippen LogP contribution in [0, 0.1) is 0 Å². The SMILES string of the molecule is CB(O)N1[C@@]2(C)CCC[C@]1(C)[C@@H](F)[C@@H](O)C2. The largest absolute Gasteiger partial charge is 0.437 e. The van der Waals surface area contributed by atoms with E-state index >= 15 is 0 Å². The maximum absolute atomic E-state index is 14.2. The number of piperidine rings is 2. The Morgan fingerprint density at radius 2 is 2.00 bits per heavy atom. The van der Waals surface area contributed by atoms with Gasteiger partial charge in [-0.2, -0.15) is 0 Å². The zero-order chi connectivity index (χ0) is 12.1. The van der Waals surface area contributed by atoms with Crippen molar-refractivity contribution in [3.63, 3.8) is 0 Å². The van der Waals surface area contributed by atoms with Gasteiger partial charge in [0, 0.05) is 11.1 Å². The van der Waals surface area contributed by atoms with Gasteiger partial charge in [0.15, 0.2) is 0 Å². The summed E-state index contributed by atoms with van der Waals surface area (Å²) in [6, 6.07) is 0. The van der Waals surface area contributed by atoms with E-state index in [1.807, 2.05) is 18.7 Å². The summed E-state index contributed by atoms with van der Waals surface area (Å²) in [5.41, 5.74) is -0.998.